The van der Waals surface area contributed by atoms with Crippen LogP contribution in [0.4, 0.5) is 4.39 Å². The van der Waals surface area contributed by atoms with Crippen molar-refractivity contribution in [1.29, 1.82) is 0 Å². The van der Waals surface area contributed by atoms with Gasteiger partial charge in [-0.05, 0) is 63.8 Å². The van der Waals surface area contributed by atoms with Crippen LogP contribution in [0.15, 0.2) is 24.3 Å². The maximum absolute atomic E-state index is 13.2. The highest BCUT2D eigenvalue weighted by Gasteiger charge is 2.30. The molecular weight excluding hydrogens is 337 g/mol. The van der Waals surface area contributed by atoms with Crippen LogP contribution in [0.25, 0.3) is 5.69 Å². The number of rotatable bonds is 6. The molecule has 1 aromatic heterocycles. The number of nitrogens with zero attached hydrogens (tertiary/aromatic N) is 2. The smallest absolute Gasteiger partial charge is 0.303 e. The molecular formula is C19H22FN3O3. The van der Waals surface area contributed by atoms with Crippen LogP contribution in [0, 0.1) is 5.82 Å². The van der Waals surface area contributed by atoms with Crippen LogP contribution < -0.4 is 5.32 Å². The molecule has 1 heterocycles. The van der Waals surface area contributed by atoms with Crippen LogP contribution in [0.1, 0.15) is 54.9 Å². The number of amides is 1. The van der Waals surface area contributed by atoms with E-state index in [2.05, 4.69) is 10.4 Å². The van der Waals surface area contributed by atoms with Gasteiger partial charge in [0.05, 0.1) is 5.69 Å². The highest BCUT2D eigenvalue weighted by Crippen LogP contribution is 2.28. The van der Waals surface area contributed by atoms with Crippen molar-refractivity contribution in [2.45, 2.75) is 51.5 Å². The molecule has 0 saturated heterocycles. The Morgan fingerprint density at radius 2 is 1.96 bits per heavy atom. The van der Waals surface area contributed by atoms with Crippen molar-refractivity contribution >= 4 is 11.9 Å². The molecule has 1 aliphatic carbocycles. The lowest BCUT2D eigenvalue weighted by Crippen LogP contribution is -2.44. The number of benzene rings is 1. The van der Waals surface area contributed by atoms with Gasteiger partial charge in [-0.1, -0.05) is 0 Å². The lowest BCUT2D eigenvalue weighted by Gasteiger charge is -2.25. The van der Waals surface area contributed by atoms with Crippen LogP contribution in [0.3, 0.4) is 0 Å². The van der Waals surface area contributed by atoms with Crippen LogP contribution in [-0.4, -0.2) is 32.3 Å². The van der Waals surface area contributed by atoms with Gasteiger partial charge in [0.1, 0.15) is 5.82 Å². The average Bonchev–Trinajstić information content (AvgIpc) is 3.16. The zero-order valence-corrected chi connectivity index (χ0v) is 14.9. The molecule has 138 valence electrons. The van der Waals surface area contributed by atoms with E-state index in [9.17, 15) is 14.0 Å². The van der Waals surface area contributed by atoms with Gasteiger partial charge in [-0.15, -0.1) is 0 Å². The van der Waals surface area contributed by atoms with E-state index in [1.807, 2.05) is 0 Å². The summed E-state index contributed by atoms with van der Waals surface area (Å²) in [6.07, 6.45) is 2.84. The Kier molecular flexibility index (Phi) is 4.80. The fourth-order valence-corrected chi connectivity index (χ4v) is 3.26. The van der Waals surface area contributed by atoms with Crippen molar-refractivity contribution in [2.24, 2.45) is 0 Å². The van der Waals surface area contributed by atoms with E-state index >= 15 is 0 Å². The van der Waals surface area contributed by atoms with E-state index in [0.717, 1.165) is 30.5 Å². The molecule has 0 saturated carbocycles. The molecule has 0 unspecified atom stereocenters. The molecule has 7 heteroatoms. The summed E-state index contributed by atoms with van der Waals surface area (Å²) in [6.45, 7) is 3.59. The zero-order chi connectivity index (χ0) is 18.9. The number of carboxylic acids is 1. The predicted molar refractivity (Wildman–Crippen MR) is 94.0 cm³/mol. The van der Waals surface area contributed by atoms with E-state index in [4.69, 9.17) is 5.11 Å². The minimum absolute atomic E-state index is 0.0184. The fourth-order valence-electron chi connectivity index (χ4n) is 3.26. The highest BCUT2D eigenvalue weighted by molar-refractivity contribution is 5.94. The number of carboxylic acid groups (broad SMARTS) is 1. The molecule has 6 nitrogen and oxygen atoms in total. The molecule has 0 atom stereocenters. The summed E-state index contributed by atoms with van der Waals surface area (Å²) in [7, 11) is 0. The third-order valence-electron chi connectivity index (χ3n) is 4.63. The third kappa shape index (κ3) is 3.76. The van der Waals surface area contributed by atoms with Crippen molar-refractivity contribution in [3.8, 4) is 5.69 Å². The lowest BCUT2D eigenvalue weighted by molar-refractivity contribution is -0.137. The van der Waals surface area contributed by atoms with Crippen LogP contribution >= 0.6 is 0 Å². The monoisotopic (exact) mass is 359 g/mol. The summed E-state index contributed by atoms with van der Waals surface area (Å²) < 4.78 is 14.9. The number of fused-ring (bicyclic) bond motifs is 1. The highest BCUT2D eigenvalue weighted by atomic mass is 19.1. The Morgan fingerprint density at radius 1 is 1.27 bits per heavy atom. The van der Waals surface area contributed by atoms with Gasteiger partial charge in [-0.2, -0.15) is 5.10 Å². The van der Waals surface area contributed by atoms with Gasteiger partial charge >= 0.3 is 5.97 Å². The van der Waals surface area contributed by atoms with E-state index in [1.54, 1.807) is 30.7 Å². The fraction of sp³-hybridized carbons (Fsp3) is 0.421. The van der Waals surface area contributed by atoms with Gasteiger partial charge in [-0.25, -0.2) is 9.07 Å². The number of hydrogen-bond donors (Lipinski definition) is 2. The minimum atomic E-state index is -0.895. The van der Waals surface area contributed by atoms with Gasteiger partial charge in [-0.3, -0.25) is 9.59 Å². The van der Waals surface area contributed by atoms with Crippen molar-refractivity contribution in [1.82, 2.24) is 15.1 Å². The van der Waals surface area contributed by atoms with E-state index in [0.29, 0.717) is 17.8 Å². The first kappa shape index (κ1) is 18.1. The normalized spacial score (nSPS) is 13.5. The van der Waals surface area contributed by atoms with Crippen LogP contribution in [0.5, 0.6) is 0 Å². The predicted octanol–water partition coefficient (Wildman–Crippen LogP) is 2.87. The van der Waals surface area contributed by atoms with Gasteiger partial charge < -0.3 is 10.4 Å². The molecule has 0 bridgehead atoms. The van der Waals surface area contributed by atoms with Gasteiger partial charge in [0.25, 0.3) is 5.91 Å². The Balaban J connectivity index is 1.86. The Morgan fingerprint density at radius 3 is 2.62 bits per heavy atom. The zero-order valence-electron chi connectivity index (χ0n) is 14.9. The number of aliphatic carboxylic acids is 1. The first-order valence-corrected chi connectivity index (χ1v) is 8.68. The summed E-state index contributed by atoms with van der Waals surface area (Å²) in [5, 5.41) is 16.2. The number of nitrogens with one attached hydrogen (secondary N) is 1. The van der Waals surface area contributed by atoms with Crippen molar-refractivity contribution in [3.05, 3.63) is 47.0 Å². The van der Waals surface area contributed by atoms with E-state index in [-0.39, 0.29) is 18.1 Å². The van der Waals surface area contributed by atoms with Gasteiger partial charge in [0.2, 0.25) is 0 Å². The molecule has 2 N–H and O–H groups in total. The van der Waals surface area contributed by atoms with Crippen molar-refractivity contribution < 1.29 is 19.1 Å². The Hall–Kier alpha value is -2.70. The van der Waals surface area contributed by atoms with E-state index < -0.39 is 11.5 Å². The summed E-state index contributed by atoms with van der Waals surface area (Å²) >= 11 is 0. The molecule has 0 radical (unpaired) electrons. The topological polar surface area (TPSA) is 84.2 Å². The maximum Gasteiger partial charge on any atom is 0.303 e. The Labute approximate surface area is 151 Å². The molecule has 1 amide bonds. The molecule has 0 spiro atoms. The van der Waals surface area contributed by atoms with Gasteiger partial charge in [0, 0.05) is 23.2 Å². The summed E-state index contributed by atoms with van der Waals surface area (Å²) in [6, 6.07) is 6.01. The van der Waals surface area contributed by atoms with Gasteiger partial charge in [0.15, 0.2) is 5.69 Å². The van der Waals surface area contributed by atoms with Crippen molar-refractivity contribution in [2.75, 3.05) is 0 Å². The summed E-state index contributed by atoms with van der Waals surface area (Å²) in [5.74, 6) is -1.52. The number of carbonyl (C=O) groups excluding carboxylic acids is 1. The quantitative estimate of drug-likeness (QED) is 0.831. The average molecular weight is 359 g/mol. The standard InChI is InChI=1S/C19H22FN3O3/c1-19(2,11-10-16(24)25)21-18(26)17-14-4-3-5-15(14)23(22-17)13-8-6-12(20)7-9-13/h6-9H,3-5,10-11H2,1-2H3,(H,21,26)(H,24,25). The number of aromatic nitrogens is 2. The summed E-state index contributed by atoms with van der Waals surface area (Å²) in [5.41, 5.74) is 2.32. The molecule has 3 rings (SSSR count). The SMILES string of the molecule is CC(C)(CCC(=O)O)NC(=O)c1nn(-c2ccc(F)cc2)c2c1CCC2. The molecule has 2 aromatic rings. The second-order valence-corrected chi connectivity index (χ2v) is 7.25. The lowest BCUT2D eigenvalue weighted by atomic mass is 9.98. The third-order valence-corrected chi connectivity index (χ3v) is 4.63. The largest absolute Gasteiger partial charge is 0.481 e. The molecule has 1 aromatic carbocycles. The number of halogens is 1. The number of hydrogen-bond acceptors (Lipinski definition) is 3. The van der Waals surface area contributed by atoms with Crippen molar-refractivity contribution in [3.63, 3.8) is 0 Å². The number of carbonyl (C=O) groups is 2. The van der Waals surface area contributed by atoms with Crippen LogP contribution in [-0.2, 0) is 17.6 Å². The molecule has 0 fully saturated rings. The summed E-state index contributed by atoms with van der Waals surface area (Å²) in [4.78, 5) is 23.6. The Bertz CT molecular complexity index is 840. The molecule has 1 aliphatic rings. The minimum Gasteiger partial charge on any atom is -0.481 e. The molecule has 0 aliphatic heterocycles. The second-order valence-electron chi connectivity index (χ2n) is 7.25. The second kappa shape index (κ2) is 6.90. The maximum atomic E-state index is 13.2. The first-order valence-electron chi connectivity index (χ1n) is 8.68. The first-order chi connectivity index (χ1) is 12.3. The molecule has 26 heavy (non-hydrogen) atoms. The van der Waals surface area contributed by atoms with Crippen LogP contribution in [0.2, 0.25) is 0 Å². The van der Waals surface area contributed by atoms with E-state index in [1.165, 1.54) is 12.1 Å².